The van der Waals surface area contributed by atoms with Gasteiger partial charge in [0.25, 0.3) is 5.91 Å². The summed E-state index contributed by atoms with van der Waals surface area (Å²) < 4.78 is 14.8. The van der Waals surface area contributed by atoms with Gasteiger partial charge in [0.15, 0.2) is 5.69 Å². The van der Waals surface area contributed by atoms with Crippen LogP contribution in [0.15, 0.2) is 10.7 Å². The molecule has 1 amide bonds. The molecule has 1 aromatic heterocycles. The minimum atomic E-state index is -0.989. The first kappa shape index (κ1) is 19.6. The monoisotopic (exact) mass is 341 g/mol. The normalized spacial score (nSPS) is 13.0. The summed E-state index contributed by atoms with van der Waals surface area (Å²) in [5.41, 5.74) is 5.61. The minimum Gasteiger partial charge on any atom is -0.466 e. The summed E-state index contributed by atoms with van der Waals surface area (Å²) in [6, 6.07) is -1.45. The van der Waals surface area contributed by atoms with E-state index in [1.54, 1.807) is 20.8 Å². The van der Waals surface area contributed by atoms with Crippen molar-refractivity contribution in [2.75, 3.05) is 13.2 Å². The van der Waals surface area contributed by atoms with Crippen LogP contribution in [0.25, 0.3) is 0 Å². The van der Waals surface area contributed by atoms with Crippen molar-refractivity contribution in [3.8, 4) is 0 Å². The van der Waals surface area contributed by atoms with E-state index in [-0.39, 0.29) is 37.6 Å². The zero-order chi connectivity index (χ0) is 18.1. The van der Waals surface area contributed by atoms with Crippen molar-refractivity contribution < 1.29 is 28.3 Å². The number of hydrogen-bond acceptors (Lipinski definition) is 8. The molecule has 0 aliphatic heterocycles. The highest BCUT2D eigenvalue weighted by molar-refractivity contribution is 5.95. The quantitative estimate of drug-likeness (QED) is 0.627. The van der Waals surface area contributed by atoms with Gasteiger partial charge >= 0.3 is 11.9 Å². The van der Waals surface area contributed by atoms with E-state index in [1.807, 2.05) is 0 Å². The van der Waals surface area contributed by atoms with Gasteiger partial charge in [-0.3, -0.25) is 9.59 Å². The third-order valence-corrected chi connectivity index (χ3v) is 2.96. The number of aromatic nitrogens is 1. The fraction of sp³-hybridized carbons (Fsp3) is 0.600. The van der Waals surface area contributed by atoms with Gasteiger partial charge in [-0.05, 0) is 27.2 Å². The Labute approximate surface area is 139 Å². The maximum atomic E-state index is 12.2. The van der Waals surface area contributed by atoms with Gasteiger partial charge in [-0.2, -0.15) is 0 Å². The zero-order valence-corrected chi connectivity index (χ0v) is 14.0. The average molecular weight is 341 g/mol. The van der Waals surface area contributed by atoms with Gasteiger partial charge in [0.1, 0.15) is 12.3 Å². The highest BCUT2D eigenvalue weighted by Gasteiger charge is 2.25. The Morgan fingerprint density at radius 3 is 2.50 bits per heavy atom. The Hall–Kier alpha value is -2.42. The lowest BCUT2D eigenvalue weighted by Crippen LogP contribution is -2.42. The van der Waals surface area contributed by atoms with Crippen LogP contribution >= 0.6 is 0 Å². The second-order valence-electron chi connectivity index (χ2n) is 4.98. The number of ether oxygens (including phenoxy) is 2. The molecule has 0 aliphatic rings. The van der Waals surface area contributed by atoms with Crippen LogP contribution in [0.3, 0.4) is 0 Å². The first-order valence-electron chi connectivity index (χ1n) is 7.73. The molecular weight excluding hydrogens is 318 g/mol. The van der Waals surface area contributed by atoms with E-state index < -0.39 is 29.9 Å². The Morgan fingerprint density at radius 2 is 1.96 bits per heavy atom. The number of carbonyl (C=O) groups is 3. The van der Waals surface area contributed by atoms with E-state index in [0.29, 0.717) is 0 Å². The van der Waals surface area contributed by atoms with Crippen LogP contribution in [0.2, 0.25) is 0 Å². The average Bonchev–Trinajstić information content (AvgIpc) is 3.02. The lowest BCUT2D eigenvalue weighted by molar-refractivity contribution is -0.146. The largest absolute Gasteiger partial charge is 0.466 e. The number of esters is 2. The first-order valence-corrected chi connectivity index (χ1v) is 7.73. The molecule has 0 saturated carbocycles. The minimum absolute atomic E-state index is 0.00673. The van der Waals surface area contributed by atoms with Crippen molar-refractivity contribution in [1.29, 1.82) is 0 Å². The smallest absolute Gasteiger partial charge is 0.328 e. The standard InChI is InChI=1S/C15H23N3O6/c1-4-22-12(19)7-6-10(15(21)23-5-2)17-13(20)11-8-24-14(18-11)9(3)16/h8-10H,4-7,16H2,1-3H3,(H,17,20). The lowest BCUT2D eigenvalue weighted by atomic mass is 10.1. The van der Waals surface area contributed by atoms with Crippen molar-refractivity contribution >= 4 is 17.8 Å². The fourth-order valence-corrected chi connectivity index (χ4v) is 1.82. The molecule has 0 radical (unpaired) electrons. The summed E-state index contributed by atoms with van der Waals surface area (Å²) in [7, 11) is 0. The van der Waals surface area contributed by atoms with E-state index in [9.17, 15) is 14.4 Å². The number of oxazole rings is 1. The Bertz CT molecular complexity index is 569. The van der Waals surface area contributed by atoms with Gasteiger partial charge in [-0.1, -0.05) is 0 Å². The Balaban J connectivity index is 2.73. The first-order chi connectivity index (χ1) is 11.4. The molecular formula is C15H23N3O6. The van der Waals surface area contributed by atoms with Crippen molar-refractivity contribution in [3.63, 3.8) is 0 Å². The Kier molecular flexibility index (Phi) is 7.90. The number of amides is 1. The van der Waals surface area contributed by atoms with Crippen molar-refractivity contribution in [1.82, 2.24) is 10.3 Å². The highest BCUT2D eigenvalue weighted by Crippen LogP contribution is 2.10. The predicted molar refractivity (Wildman–Crippen MR) is 82.9 cm³/mol. The molecule has 2 atom stereocenters. The number of nitrogens with two attached hydrogens (primary N) is 1. The molecule has 0 aromatic carbocycles. The van der Waals surface area contributed by atoms with Crippen LogP contribution < -0.4 is 11.1 Å². The second kappa shape index (κ2) is 9.66. The van der Waals surface area contributed by atoms with E-state index in [1.165, 1.54) is 0 Å². The lowest BCUT2D eigenvalue weighted by Gasteiger charge is -2.16. The van der Waals surface area contributed by atoms with E-state index in [2.05, 4.69) is 10.3 Å². The van der Waals surface area contributed by atoms with E-state index in [4.69, 9.17) is 19.6 Å². The van der Waals surface area contributed by atoms with Crippen LogP contribution in [-0.4, -0.2) is 42.1 Å². The summed E-state index contributed by atoms with van der Waals surface area (Å²) in [5.74, 6) is -1.50. The molecule has 0 aliphatic carbocycles. The number of hydrogen-bond donors (Lipinski definition) is 2. The highest BCUT2D eigenvalue weighted by atomic mass is 16.5. The summed E-state index contributed by atoms with van der Waals surface area (Å²) in [6.07, 6.45) is 1.19. The predicted octanol–water partition coefficient (Wildman–Crippen LogP) is 0.699. The van der Waals surface area contributed by atoms with Gasteiger partial charge in [0, 0.05) is 6.42 Å². The van der Waals surface area contributed by atoms with Crippen molar-refractivity contribution in [2.45, 2.75) is 45.7 Å². The molecule has 0 fully saturated rings. The van der Waals surface area contributed by atoms with Gasteiger partial charge in [-0.25, -0.2) is 9.78 Å². The maximum absolute atomic E-state index is 12.2. The SMILES string of the molecule is CCOC(=O)CCC(NC(=O)c1coc(C(C)N)n1)C(=O)OCC. The third-order valence-electron chi connectivity index (χ3n) is 2.96. The molecule has 2 unspecified atom stereocenters. The van der Waals surface area contributed by atoms with Gasteiger partial charge in [0.05, 0.1) is 19.3 Å². The van der Waals surface area contributed by atoms with Gasteiger partial charge in [-0.15, -0.1) is 0 Å². The maximum Gasteiger partial charge on any atom is 0.328 e. The molecule has 134 valence electrons. The topological polar surface area (TPSA) is 134 Å². The number of carbonyl (C=O) groups excluding carboxylic acids is 3. The van der Waals surface area contributed by atoms with Crippen LogP contribution in [0.1, 0.15) is 56.0 Å². The third kappa shape index (κ3) is 5.99. The van der Waals surface area contributed by atoms with Gasteiger partial charge < -0.3 is 24.9 Å². The number of rotatable bonds is 9. The Morgan fingerprint density at radius 1 is 1.29 bits per heavy atom. The molecule has 3 N–H and O–H groups in total. The van der Waals surface area contributed by atoms with Crippen molar-refractivity contribution in [3.05, 3.63) is 17.8 Å². The van der Waals surface area contributed by atoms with Crippen LogP contribution in [0.4, 0.5) is 0 Å². The van der Waals surface area contributed by atoms with Crippen LogP contribution in [0, 0.1) is 0 Å². The van der Waals surface area contributed by atoms with Crippen LogP contribution in [-0.2, 0) is 19.1 Å². The molecule has 0 saturated heterocycles. The fourth-order valence-electron chi connectivity index (χ4n) is 1.82. The molecule has 1 rings (SSSR count). The van der Waals surface area contributed by atoms with Crippen molar-refractivity contribution in [2.24, 2.45) is 5.73 Å². The summed E-state index contributed by atoms with van der Waals surface area (Å²) in [6.45, 7) is 5.39. The molecule has 24 heavy (non-hydrogen) atoms. The molecule has 9 nitrogen and oxygen atoms in total. The molecule has 0 bridgehead atoms. The second-order valence-corrected chi connectivity index (χ2v) is 4.98. The van der Waals surface area contributed by atoms with E-state index in [0.717, 1.165) is 6.26 Å². The summed E-state index contributed by atoms with van der Waals surface area (Å²) in [4.78, 5) is 39.5. The van der Waals surface area contributed by atoms with Crippen LogP contribution in [0.5, 0.6) is 0 Å². The van der Waals surface area contributed by atoms with E-state index >= 15 is 0 Å². The summed E-state index contributed by atoms with van der Waals surface area (Å²) in [5, 5.41) is 2.48. The molecule has 1 aromatic rings. The number of nitrogens with zero attached hydrogens (tertiary/aromatic N) is 1. The summed E-state index contributed by atoms with van der Waals surface area (Å²) >= 11 is 0. The van der Waals surface area contributed by atoms with Gasteiger partial charge in [0.2, 0.25) is 5.89 Å². The number of nitrogens with one attached hydrogen (secondary N) is 1. The molecule has 9 heteroatoms. The zero-order valence-electron chi connectivity index (χ0n) is 14.0. The molecule has 1 heterocycles. The molecule has 0 spiro atoms.